The van der Waals surface area contributed by atoms with Crippen molar-refractivity contribution in [2.45, 2.75) is 31.6 Å². The van der Waals surface area contributed by atoms with Crippen LogP contribution in [0, 0.1) is 11.8 Å². The molecule has 0 saturated carbocycles. The first-order valence-corrected chi connectivity index (χ1v) is 8.05. The molecule has 6 nitrogen and oxygen atoms in total. The molecule has 0 bridgehead atoms. The molecule has 1 atom stereocenters. The lowest BCUT2D eigenvalue weighted by Gasteiger charge is -2.13. The van der Waals surface area contributed by atoms with Crippen molar-refractivity contribution in [1.82, 2.24) is 0 Å². The van der Waals surface area contributed by atoms with Gasteiger partial charge in [0.1, 0.15) is 0 Å². The van der Waals surface area contributed by atoms with Gasteiger partial charge in [0.15, 0.2) is 0 Å². The first kappa shape index (κ1) is 19.6. The lowest BCUT2D eigenvalue weighted by atomic mass is 9.94. The minimum absolute atomic E-state index is 0.0741. The zero-order valence-corrected chi connectivity index (χ0v) is 13.1. The van der Waals surface area contributed by atoms with E-state index in [9.17, 15) is 13.2 Å². The van der Waals surface area contributed by atoms with E-state index in [0.717, 1.165) is 6.42 Å². The van der Waals surface area contributed by atoms with Crippen molar-refractivity contribution in [2.75, 3.05) is 6.54 Å². The van der Waals surface area contributed by atoms with Crippen molar-refractivity contribution in [3.63, 3.8) is 0 Å². The van der Waals surface area contributed by atoms with E-state index in [4.69, 9.17) is 15.4 Å². The molecule has 0 aliphatic carbocycles. The maximum atomic E-state index is 10.4. The fraction of sp³-hybridized carbons (Fsp3) is 0.500. The maximum absolute atomic E-state index is 10.4. The number of benzene rings is 1. The lowest BCUT2D eigenvalue weighted by Crippen LogP contribution is -2.19. The van der Waals surface area contributed by atoms with Gasteiger partial charge in [0.2, 0.25) is 0 Å². The van der Waals surface area contributed by atoms with Gasteiger partial charge in [-0.2, -0.15) is 8.42 Å². The summed E-state index contributed by atoms with van der Waals surface area (Å²) in [6, 6.07) is 7.42. The molecule has 0 aliphatic rings. The molecule has 0 spiro atoms. The van der Waals surface area contributed by atoms with Crippen LogP contribution in [0.15, 0.2) is 35.2 Å². The van der Waals surface area contributed by atoms with Crippen LogP contribution >= 0.6 is 0 Å². The van der Waals surface area contributed by atoms with Gasteiger partial charge in [-0.3, -0.25) is 9.35 Å². The number of hydrogen-bond donors (Lipinski definition) is 3. The normalized spacial score (nSPS) is 12.4. The third-order valence-electron chi connectivity index (χ3n) is 2.64. The second-order valence-corrected chi connectivity index (χ2v) is 6.54. The fourth-order valence-electron chi connectivity index (χ4n) is 1.77. The summed E-state index contributed by atoms with van der Waals surface area (Å²) < 4.78 is 29.2. The summed E-state index contributed by atoms with van der Waals surface area (Å²) in [5.74, 6) is -0.0727. The first-order valence-electron chi connectivity index (χ1n) is 6.61. The van der Waals surface area contributed by atoms with Crippen molar-refractivity contribution in [3.05, 3.63) is 30.3 Å². The molecule has 0 saturated heterocycles. The van der Waals surface area contributed by atoms with Crippen molar-refractivity contribution in [2.24, 2.45) is 17.6 Å². The summed E-state index contributed by atoms with van der Waals surface area (Å²) in [5, 5.41) is 8.47. The summed E-state index contributed by atoms with van der Waals surface area (Å²) in [6.07, 6.45) is 1.11. The predicted octanol–water partition coefficient (Wildman–Crippen LogP) is 2.02. The highest BCUT2D eigenvalue weighted by atomic mass is 32.2. The van der Waals surface area contributed by atoms with Crippen LogP contribution in [0.25, 0.3) is 0 Å². The lowest BCUT2D eigenvalue weighted by molar-refractivity contribution is -0.138. The monoisotopic (exact) mass is 317 g/mol. The van der Waals surface area contributed by atoms with Gasteiger partial charge in [0, 0.05) is 6.42 Å². The Kier molecular flexibility index (Phi) is 8.84. The summed E-state index contributed by atoms with van der Waals surface area (Å²) in [6.45, 7) is 4.62. The van der Waals surface area contributed by atoms with Crippen LogP contribution in [-0.2, 0) is 14.9 Å². The Hall–Kier alpha value is -1.44. The van der Waals surface area contributed by atoms with Gasteiger partial charge in [-0.15, -0.1) is 0 Å². The number of nitrogens with two attached hydrogens (primary N) is 1. The zero-order valence-electron chi connectivity index (χ0n) is 12.3. The minimum atomic E-state index is -4.00. The molecule has 120 valence electrons. The van der Waals surface area contributed by atoms with E-state index >= 15 is 0 Å². The van der Waals surface area contributed by atoms with Crippen LogP contribution < -0.4 is 5.73 Å². The van der Waals surface area contributed by atoms with Crippen LogP contribution in [0.5, 0.6) is 0 Å². The molecule has 0 aliphatic heterocycles. The summed E-state index contributed by atoms with van der Waals surface area (Å²) in [7, 11) is -4.00. The van der Waals surface area contributed by atoms with Gasteiger partial charge in [-0.1, -0.05) is 32.0 Å². The van der Waals surface area contributed by atoms with Gasteiger partial charge in [0.25, 0.3) is 10.1 Å². The molecule has 0 unspecified atom stereocenters. The molecule has 1 rings (SSSR count). The number of rotatable bonds is 6. The van der Waals surface area contributed by atoms with Gasteiger partial charge in [-0.05, 0) is 36.9 Å². The molecule has 0 heterocycles. The third-order valence-corrected chi connectivity index (χ3v) is 3.51. The Balaban J connectivity index is 0.000000382. The summed E-state index contributed by atoms with van der Waals surface area (Å²) in [4.78, 5) is 10.2. The van der Waals surface area contributed by atoms with Crippen LogP contribution in [0.2, 0.25) is 0 Å². The van der Waals surface area contributed by atoms with E-state index < -0.39 is 16.1 Å². The van der Waals surface area contributed by atoms with Crippen molar-refractivity contribution < 1.29 is 22.9 Å². The highest BCUT2D eigenvalue weighted by Gasteiger charge is 2.12. The number of carbonyl (C=O) groups is 1. The Morgan fingerprint density at radius 1 is 1.24 bits per heavy atom. The molecule has 0 aromatic heterocycles. The van der Waals surface area contributed by atoms with Gasteiger partial charge in [-0.25, -0.2) is 0 Å². The van der Waals surface area contributed by atoms with E-state index in [2.05, 4.69) is 13.8 Å². The highest BCUT2D eigenvalue weighted by Crippen LogP contribution is 2.13. The zero-order chi connectivity index (χ0) is 16.5. The van der Waals surface area contributed by atoms with Crippen LogP contribution in [-0.4, -0.2) is 30.6 Å². The van der Waals surface area contributed by atoms with Gasteiger partial charge in [0.05, 0.1) is 4.90 Å². The number of carboxylic acid groups (broad SMARTS) is 1. The van der Waals surface area contributed by atoms with E-state index in [1.54, 1.807) is 18.2 Å². The molecular weight excluding hydrogens is 294 g/mol. The van der Waals surface area contributed by atoms with E-state index in [0.29, 0.717) is 12.5 Å². The maximum Gasteiger partial charge on any atom is 0.303 e. The molecule has 0 fully saturated rings. The molecule has 0 amide bonds. The van der Waals surface area contributed by atoms with E-state index in [-0.39, 0.29) is 17.2 Å². The van der Waals surface area contributed by atoms with E-state index in [1.807, 2.05) is 0 Å². The fourth-order valence-corrected chi connectivity index (χ4v) is 2.27. The van der Waals surface area contributed by atoms with Gasteiger partial charge >= 0.3 is 5.97 Å². The highest BCUT2D eigenvalue weighted by molar-refractivity contribution is 7.85. The average Bonchev–Trinajstić information content (AvgIpc) is 2.37. The Morgan fingerprint density at radius 3 is 2.05 bits per heavy atom. The van der Waals surface area contributed by atoms with Crippen molar-refractivity contribution in [3.8, 4) is 0 Å². The second-order valence-electron chi connectivity index (χ2n) is 5.12. The molecule has 7 heteroatoms. The minimum Gasteiger partial charge on any atom is -0.481 e. The molecule has 1 aromatic rings. The van der Waals surface area contributed by atoms with Crippen LogP contribution in [0.1, 0.15) is 26.7 Å². The Bertz CT molecular complexity index is 513. The van der Waals surface area contributed by atoms with E-state index in [1.165, 1.54) is 12.1 Å². The summed E-state index contributed by atoms with van der Waals surface area (Å²) in [5.41, 5.74) is 5.41. The topological polar surface area (TPSA) is 118 Å². The smallest absolute Gasteiger partial charge is 0.303 e. The number of carboxylic acids is 1. The molecule has 0 radical (unpaired) electrons. The second kappa shape index (κ2) is 9.49. The number of aliphatic carboxylic acids is 1. The standard InChI is InChI=1S/C8H17NO2.C6H6O3S/c1-6(2)3-7(5-9)4-8(10)11;7-10(8,9)6-4-2-1-3-5-6/h6-7H,3-5,9H2,1-2H3,(H,10,11);1-5H,(H,7,8,9)/t7-;/m0./s1. The molecule has 4 N–H and O–H groups in total. The van der Waals surface area contributed by atoms with Crippen LogP contribution in [0.3, 0.4) is 0 Å². The Labute approximate surface area is 125 Å². The van der Waals surface area contributed by atoms with Crippen molar-refractivity contribution in [1.29, 1.82) is 0 Å². The van der Waals surface area contributed by atoms with Gasteiger partial charge < -0.3 is 10.8 Å². The van der Waals surface area contributed by atoms with Crippen molar-refractivity contribution >= 4 is 16.1 Å². The first-order chi connectivity index (χ1) is 9.66. The summed E-state index contributed by atoms with van der Waals surface area (Å²) >= 11 is 0. The number of hydrogen-bond acceptors (Lipinski definition) is 4. The molecule has 21 heavy (non-hydrogen) atoms. The molecular formula is C14H23NO5S. The van der Waals surface area contributed by atoms with Crippen LogP contribution in [0.4, 0.5) is 0 Å². The largest absolute Gasteiger partial charge is 0.481 e. The quantitative estimate of drug-likeness (QED) is 0.691. The Morgan fingerprint density at radius 2 is 1.76 bits per heavy atom. The third kappa shape index (κ3) is 10.0. The SMILES string of the molecule is CC(C)C[C@H](CN)CC(=O)O.O=S(=O)(O)c1ccccc1. The molecule has 1 aromatic carbocycles. The average molecular weight is 317 g/mol. The predicted molar refractivity (Wildman–Crippen MR) is 80.5 cm³/mol.